The number of anilines is 1. The van der Waals surface area contributed by atoms with Crippen molar-refractivity contribution >= 4 is 16.6 Å². The third-order valence-corrected chi connectivity index (χ3v) is 7.15. The first-order valence-electron chi connectivity index (χ1n) is 11.9. The van der Waals surface area contributed by atoms with Crippen LogP contribution < -0.4 is 4.90 Å². The van der Waals surface area contributed by atoms with Crippen molar-refractivity contribution in [3.05, 3.63) is 36.0 Å². The predicted octanol–water partition coefficient (Wildman–Crippen LogP) is 3.26. The second kappa shape index (κ2) is 9.12. The first-order valence-corrected chi connectivity index (χ1v) is 11.9. The number of ether oxygens (including phenoxy) is 1. The Balaban J connectivity index is 1.28. The van der Waals surface area contributed by atoms with Crippen LogP contribution in [0.3, 0.4) is 0 Å². The van der Waals surface area contributed by atoms with Gasteiger partial charge in [0.2, 0.25) is 0 Å². The molecule has 0 amide bonds. The van der Waals surface area contributed by atoms with Crippen molar-refractivity contribution in [3.8, 4) is 6.07 Å². The maximum absolute atomic E-state index is 9.46. The Morgan fingerprint density at radius 1 is 1.10 bits per heavy atom. The molecule has 164 valence electrons. The van der Waals surface area contributed by atoms with Gasteiger partial charge < -0.3 is 9.64 Å². The van der Waals surface area contributed by atoms with Crippen molar-refractivity contribution < 1.29 is 4.74 Å². The number of fused-ring (bicyclic) bond motifs is 1. The first-order chi connectivity index (χ1) is 15.2. The van der Waals surface area contributed by atoms with E-state index in [1.54, 1.807) is 6.20 Å². The Morgan fingerprint density at radius 3 is 2.81 bits per heavy atom. The highest BCUT2D eigenvalue weighted by Gasteiger charge is 2.33. The number of benzene rings is 1. The van der Waals surface area contributed by atoms with Gasteiger partial charge in [0.05, 0.1) is 23.3 Å². The number of rotatable bonds is 4. The monoisotopic (exact) mass is 419 g/mol. The standard InChI is InChI=1S/C25H33N5O/c1-19-15-30(24-8-7-20(14-26)25-23(24)6-5-10-27-25)18-22(31-19)17-28-13-9-21(16-28)29-11-3-2-4-12-29/h5-8,10,19,21-22H,2-4,9,11-13,15-18H2,1H3/t19-,21-,22+/m1/s1. The van der Waals surface area contributed by atoms with Crippen LogP contribution in [0.25, 0.3) is 10.9 Å². The molecule has 1 aromatic heterocycles. The number of nitriles is 1. The molecule has 6 nitrogen and oxygen atoms in total. The summed E-state index contributed by atoms with van der Waals surface area (Å²) in [5.74, 6) is 0. The van der Waals surface area contributed by atoms with Gasteiger partial charge in [0, 0.05) is 49.5 Å². The number of nitrogens with zero attached hydrogens (tertiary/aromatic N) is 5. The van der Waals surface area contributed by atoms with Gasteiger partial charge in [-0.25, -0.2) is 0 Å². The lowest BCUT2D eigenvalue weighted by Gasteiger charge is -2.40. The molecule has 3 aliphatic heterocycles. The Hall–Kier alpha value is -2.20. The van der Waals surface area contributed by atoms with Gasteiger partial charge in [0.25, 0.3) is 0 Å². The zero-order valence-corrected chi connectivity index (χ0v) is 18.5. The van der Waals surface area contributed by atoms with Crippen LogP contribution in [-0.4, -0.2) is 78.8 Å². The van der Waals surface area contributed by atoms with Gasteiger partial charge in [-0.15, -0.1) is 0 Å². The quantitative estimate of drug-likeness (QED) is 0.758. The average Bonchev–Trinajstić information content (AvgIpc) is 3.27. The van der Waals surface area contributed by atoms with Crippen molar-refractivity contribution in [1.82, 2.24) is 14.8 Å². The van der Waals surface area contributed by atoms with E-state index < -0.39 is 0 Å². The van der Waals surface area contributed by atoms with E-state index in [2.05, 4.69) is 44.8 Å². The Labute approximate surface area is 185 Å². The zero-order chi connectivity index (χ0) is 21.2. The number of likely N-dealkylation sites (tertiary alicyclic amines) is 2. The molecule has 6 heteroatoms. The maximum atomic E-state index is 9.46. The van der Waals surface area contributed by atoms with Crippen LogP contribution in [0.5, 0.6) is 0 Å². The molecule has 2 aromatic rings. The second-order valence-electron chi connectivity index (χ2n) is 9.42. The van der Waals surface area contributed by atoms with Crippen LogP contribution in [0.4, 0.5) is 5.69 Å². The predicted molar refractivity (Wildman–Crippen MR) is 123 cm³/mol. The number of pyridine rings is 1. The highest BCUT2D eigenvalue weighted by Crippen LogP contribution is 2.30. The molecule has 4 heterocycles. The molecule has 0 bridgehead atoms. The third kappa shape index (κ3) is 4.41. The van der Waals surface area contributed by atoms with Gasteiger partial charge in [-0.3, -0.25) is 14.8 Å². The summed E-state index contributed by atoms with van der Waals surface area (Å²) in [6.07, 6.45) is 7.56. The van der Waals surface area contributed by atoms with Gasteiger partial charge in [-0.05, 0) is 70.1 Å². The Morgan fingerprint density at radius 2 is 1.97 bits per heavy atom. The highest BCUT2D eigenvalue weighted by atomic mass is 16.5. The molecule has 0 N–H and O–H groups in total. The van der Waals surface area contributed by atoms with E-state index in [1.807, 2.05) is 12.1 Å². The SMILES string of the molecule is C[C@@H]1CN(c2ccc(C#N)c3ncccc23)C[C@H](CN2CC[C@@H](N3CCCCC3)C2)O1. The Kier molecular flexibility index (Phi) is 6.08. The number of morpholine rings is 1. The number of aromatic nitrogens is 1. The largest absolute Gasteiger partial charge is 0.370 e. The molecule has 3 aliphatic rings. The van der Waals surface area contributed by atoms with Crippen LogP contribution in [0.2, 0.25) is 0 Å². The third-order valence-electron chi connectivity index (χ3n) is 7.15. The minimum Gasteiger partial charge on any atom is -0.370 e. The highest BCUT2D eigenvalue weighted by molar-refractivity contribution is 5.95. The van der Waals surface area contributed by atoms with Gasteiger partial charge in [0.15, 0.2) is 0 Å². The molecule has 0 saturated carbocycles. The molecule has 0 radical (unpaired) electrons. The lowest BCUT2D eigenvalue weighted by atomic mass is 10.1. The normalized spacial score (nSPS) is 28.1. The molecular weight excluding hydrogens is 386 g/mol. The van der Waals surface area contributed by atoms with Gasteiger partial charge in [-0.1, -0.05) is 6.42 Å². The van der Waals surface area contributed by atoms with E-state index in [-0.39, 0.29) is 12.2 Å². The first kappa shape index (κ1) is 20.7. The van der Waals surface area contributed by atoms with Crippen LogP contribution in [-0.2, 0) is 4.74 Å². The smallest absolute Gasteiger partial charge is 0.101 e. The van der Waals surface area contributed by atoms with Crippen LogP contribution in [0.1, 0.15) is 38.2 Å². The molecule has 0 aliphatic carbocycles. The van der Waals surface area contributed by atoms with E-state index in [4.69, 9.17) is 4.74 Å². The van der Waals surface area contributed by atoms with Crippen molar-refractivity contribution in [2.24, 2.45) is 0 Å². The molecule has 1 aromatic carbocycles. The van der Waals surface area contributed by atoms with E-state index in [9.17, 15) is 5.26 Å². The number of hydrogen-bond acceptors (Lipinski definition) is 6. The summed E-state index contributed by atoms with van der Waals surface area (Å²) < 4.78 is 6.37. The van der Waals surface area contributed by atoms with E-state index in [0.29, 0.717) is 5.56 Å². The fraction of sp³-hybridized carbons (Fsp3) is 0.600. The summed E-state index contributed by atoms with van der Waals surface area (Å²) >= 11 is 0. The lowest BCUT2D eigenvalue weighted by molar-refractivity contribution is -0.0301. The molecule has 0 unspecified atom stereocenters. The number of hydrogen-bond donors (Lipinski definition) is 0. The summed E-state index contributed by atoms with van der Waals surface area (Å²) in [7, 11) is 0. The van der Waals surface area contributed by atoms with Crippen LogP contribution >= 0.6 is 0 Å². The molecule has 3 atom stereocenters. The van der Waals surface area contributed by atoms with Crippen molar-refractivity contribution in [2.45, 2.75) is 50.9 Å². The van der Waals surface area contributed by atoms with Crippen LogP contribution in [0, 0.1) is 11.3 Å². The fourth-order valence-corrected chi connectivity index (χ4v) is 5.71. The van der Waals surface area contributed by atoms with Gasteiger partial charge in [-0.2, -0.15) is 5.26 Å². The lowest BCUT2D eigenvalue weighted by Crippen LogP contribution is -2.51. The molecule has 3 fully saturated rings. The second-order valence-corrected chi connectivity index (χ2v) is 9.42. The summed E-state index contributed by atoms with van der Waals surface area (Å²) in [4.78, 5) is 12.2. The minimum atomic E-state index is 0.182. The number of piperidine rings is 1. The molecule has 3 saturated heterocycles. The molecule has 5 rings (SSSR count). The minimum absolute atomic E-state index is 0.182. The molecule has 31 heavy (non-hydrogen) atoms. The van der Waals surface area contributed by atoms with Crippen molar-refractivity contribution in [2.75, 3.05) is 50.7 Å². The van der Waals surface area contributed by atoms with E-state index in [1.165, 1.54) is 51.9 Å². The van der Waals surface area contributed by atoms with Gasteiger partial charge >= 0.3 is 0 Å². The molecule has 0 spiro atoms. The fourth-order valence-electron chi connectivity index (χ4n) is 5.71. The summed E-state index contributed by atoms with van der Waals surface area (Å²) in [6, 6.07) is 11.0. The van der Waals surface area contributed by atoms with Crippen molar-refractivity contribution in [1.29, 1.82) is 5.26 Å². The topological polar surface area (TPSA) is 55.6 Å². The Bertz CT molecular complexity index is 951. The van der Waals surface area contributed by atoms with Gasteiger partial charge in [0.1, 0.15) is 6.07 Å². The molecular formula is C25H33N5O. The summed E-state index contributed by atoms with van der Waals surface area (Å²) in [5, 5.41) is 10.5. The average molecular weight is 420 g/mol. The van der Waals surface area contributed by atoms with Crippen molar-refractivity contribution in [3.63, 3.8) is 0 Å². The summed E-state index contributed by atoms with van der Waals surface area (Å²) in [5.41, 5.74) is 2.59. The zero-order valence-electron chi connectivity index (χ0n) is 18.5. The summed E-state index contributed by atoms with van der Waals surface area (Å²) in [6.45, 7) is 9.83. The van der Waals surface area contributed by atoms with Crippen LogP contribution in [0.15, 0.2) is 30.5 Å². The maximum Gasteiger partial charge on any atom is 0.101 e. The van der Waals surface area contributed by atoms with E-state index in [0.717, 1.165) is 42.3 Å². The van der Waals surface area contributed by atoms with E-state index >= 15 is 0 Å².